The predicted octanol–water partition coefficient (Wildman–Crippen LogP) is 2.28. The van der Waals surface area contributed by atoms with Gasteiger partial charge in [0.05, 0.1) is 17.1 Å². The number of imidazole rings is 1. The number of likely N-dealkylation sites (tertiary alicyclic amines) is 1. The van der Waals surface area contributed by atoms with E-state index in [9.17, 15) is 4.79 Å². The summed E-state index contributed by atoms with van der Waals surface area (Å²) in [6.45, 7) is 7.65. The molecule has 0 bridgehead atoms. The van der Waals surface area contributed by atoms with Crippen molar-refractivity contribution in [1.29, 1.82) is 0 Å². The molecule has 0 spiro atoms. The quantitative estimate of drug-likeness (QED) is 0.416. The molecule has 0 radical (unpaired) electrons. The van der Waals surface area contributed by atoms with Crippen LogP contribution in [0.5, 0.6) is 0 Å². The number of aromatic nitrogens is 2. The average Bonchev–Trinajstić information content (AvgIpc) is 3.00. The molecule has 0 aliphatic carbocycles. The summed E-state index contributed by atoms with van der Waals surface area (Å²) < 4.78 is 5.37. The maximum atomic E-state index is 12.0. The lowest BCUT2D eigenvalue weighted by Gasteiger charge is -2.40. The number of rotatable bonds is 5. The number of benzene rings is 1. The van der Waals surface area contributed by atoms with Gasteiger partial charge in [-0.05, 0) is 39.3 Å². The van der Waals surface area contributed by atoms with Crippen molar-refractivity contribution in [2.45, 2.75) is 45.3 Å². The lowest BCUT2D eigenvalue weighted by Crippen LogP contribution is -2.63. The second kappa shape index (κ2) is 8.50. The average molecular weight is 387 g/mol. The zero-order valence-corrected chi connectivity index (χ0v) is 17.1. The molecular weight excluding hydrogens is 356 g/mol. The first-order chi connectivity index (χ1) is 13.3. The Bertz CT molecular complexity index is 800. The highest BCUT2D eigenvalue weighted by Gasteiger charge is 2.34. The molecule has 0 unspecified atom stereocenters. The molecule has 152 valence electrons. The number of carbonyl (C=O) groups excluding carboxylic acids is 1. The van der Waals surface area contributed by atoms with E-state index in [4.69, 9.17) is 4.74 Å². The van der Waals surface area contributed by atoms with Crippen LogP contribution in [-0.4, -0.2) is 65.2 Å². The first-order valence-corrected chi connectivity index (χ1v) is 9.73. The Morgan fingerprint density at radius 1 is 1.36 bits per heavy atom. The molecule has 0 saturated carbocycles. The number of para-hydroxylation sites is 2. The number of H-pyrrole nitrogens is 1. The fourth-order valence-electron chi connectivity index (χ4n) is 3.02. The van der Waals surface area contributed by atoms with Gasteiger partial charge in [-0.15, -0.1) is 0 Å². The first-order valence-electron chi connectivity index (χ1n) is 9.73. The summed E-state index contributed by atoms with van der Waals surface area (Å²) in [7, 11) is 1.75. The van der Waals surface area contributed by atoms with Gasteiger partial charge in [-0.1, -0.05) is 12.1 Å². The minimum atomic E-state index is -0.465. The maximum Gasteiger partial charge on any atom is 0.410 e. The van der Waals surface area contributed by atoms with Gasteiger partial charge in [0.1, 0.15) is 11.4 Å². The third kappa shape index (κ3) is 5.37. The van der Waals surface area contributed by atoms with Gasteiger partial charge in [0, 0.05) is 33.1 Å². The second-order valence-electron chi connectivity index (χ2n) is 8.03. The summed E-state index contributed by atoms with van der Waals surface area (Å²) in [4.78, 5) is 25.9. The van der Waals surface area contributed by atoms with Crippen molar-refractivity contribution < 1.29 is 9.53 Å². The summed E-state index contributed by atoms with van der Waals surface area (Å²) in [5.41, 5.74) is 1.61. The lowest BCUT2D eigenvalue weighted by molar-refractivity contribution is 0.00701. The molecule has 1 aliphatic heterocycles. The van der Waals surface area contributed by atoms with Crippen molar-refractivity contribution in [3.8, 4) is 0 Å². The van der Waals surface area contributed by atoms with Crippen LogP contribution in [0.1, 0.15) is 33.0 Å². The van der Waals surface area contributed by atoms with Crippen LogP contribution in [0.15, 0.2) is 29.3 Å². The molecule has 1 amide bonds. The van der Waals surface area contributed by atoms with Gasteiger partial charge in [-0.3, -0.25) is 4.99 Å². The zero-order chi connectivity index (χ0) is 20.1. The Morgan fingerprint density at radius 3 is 2.79 bits per heavy atom. The van der Waals surface area contributed by atoms with E-state index in [-0.39, 0.29) is 12.1 Å². The highest BCUT2D eigenvalue weighted by Crippen LogP contribution is 2.15. The topological polar surface area (TPSA) is 94.6 Å². The number of carbonyl (C=O) groups is 1. The highest BCUT2D eigenvalue weighted by molar-refractivity contribution is 5.80. The fourth-order valence-corrected chi connectivity index (χ4v) is 3.02. The Morgan fingerprint density at radius 2 is 2.11 bits per heavy atom. The van der Waals surface area contributed by atoms with Crippen molar-refractivity contribution >= 4 is 23.1 Å². The predicted molar refractivity (Wildman–Crippen MR) is 111 cm³/mol. The van der Waals surface area contributed by atoms with Gasteiger partial charge in [0.25, 0.3) is 0 Å². The van der Waals surface area contributed by atoms with Crippen molar-refractivity contribution in [2.75, 3.05) is 26.7 Å². The Kier molecular flexibility index (Phi) is 6.06. The fraction of sp³-hybridized carbons (Fsp3) is 0.550. The molecule has 1 aliphatic rings. The molecule has 3 rings (SSSR count). The van der Waals surface area contributed by atoms with E-state index in [1.807, 2.05) is 45.0 Å². The van der Waals surface area contributed by atoms with E-state index in [1.165, 1.54) is 0 Å². The molecule has 8 nitrogen and oxygen atoms in total. The Hall–Kier alpha value is -2.77. The molecule has 28 heavy (non-hydrogen) atoms. The number of guanidine groups is 1. The van der Waals surface area contributed by atoms with E-state index in [0.29, 0.717) is 13.1 Å². The maximum absolute atomic E-state index is 12.0. The Balaban J connectivity index is 1.35. The number of hydrogen-bond donors (Lipinski definition) is 3. The number of amides is 1. The van der Waals surface area contributed by atoms with E-state index in [2.05, 4.69) is 25.6 Å². The largest absolute Gasteiger partial charge is 0.444 e. The monoisotopic (exact) mass is 386 g/mol. The first kappa shape index (κ1) is 20.0. The molecule has 8 heteroatoms. The molecule has 1 fully saturated rings. The van der Waals surface area contributed by atoms with Crippen molar-refractivity contribution in [1.82, 2.24) is 25.5 Å². The molecule has 1 aromatic heterocycles. The van der Waals surface area contributed by atoms with Crippen LogP contribution in [0.25, 0.3) is 11.0 Å². The summed E-state index contributed by atoms with van der Waals surface area (Å²) >= 11 is 0. The van der Waals surface area contributed by atoms with Crippen molar-refractivity contribution in [2.24, 2.45) is 4.99 Å². The molecule has 0 atom stereocenters. The van der Waals surface area contributed by atoms with Gasteiger partial charge < -0.3 is 25.3 Å². The number of aryl methyl sites for hydroxylation is 1. The van der Waals surface area contributed by atoms with Crippen LogP contribution in [-0.2, 0) is 11.2 Å². The number of aliphatic imine (C=N–C) groups is 1. The van der Waals surface area contributed by atoms with Crippen LogP contribution in [0.3, 0.4) is 0 Å². The van der Waals surface area contributed by atoms with Gasteiger partial charge in [-0.2, -0.15) is 0 Å². The Labute approximate surface area is 165 Å². The third-order valence-corrected chi connectivity index (χ3v) is 4.42. The lowest BCUT2D eigenvalue weighted by atomic mass is 10.1. The third-order valence-electron chi connectivity index (χ3n) is 4.42. The van der Waals surface area contributed by atoms with Gasteiger partial charge in [0.15, 0.2) is 5.96 Å². The molecular formula is C20H30N6O2. The van der Waals surface area contributed by atoms with Crippen molar-refractivity contribution in [3.63, 3.8) is 0 Å². The standard InChI is InChI=1S/C20H30N6O2/c1-20(2,3)28-19(27)26-12-14(13-26)23-18(21-4)22-11-7-10-17-24-15-8-5-6-9-16(15)25-17/h5-6,8-9,14H,7,10-13H2,1-4H3,(H,24,25)(H2,21,22,23). The normalized spacial score (nSPS) is 15.4. The van der Waals surface area contributed by atoms with E-state index >= 15 is 0 Å². The van der Waals surface area contributed by atoms with Crippen molar-refractivity contribution in [3.05, 3.63) is 30.1 Å². The molecule has 2 aromatic rings. The number of fused-ring (bicyclic) bond motifs is 1. The number of aromatic amines is 1. The SMILES string of the molecule is CN=C(NCCCc1nc2ccccc2[nH]1)NC1CN(C(=O)OC(C)(C)C)C1. The second-order valence-corrected chi connectivity index (χ2v) is 8.03. The van der Waals surface area contributed by atoms with E-state index in [1.54, 1.807) is 11.9 Å². The van der Waals surface area contributed by atoms with E-state index in [0.717, 1.165) is 42.2 Å². The summed E-state index contributed by atoms with van der Waals surface area (Å²) in [5, 5.41) is 6.65. The number of nitrogens with zero attached hydrogens (tertiary/aromatic N) is 3. The minimum Gasteiger partial charge on any atom is -0.444 e. The summed E-state index contributed by atoms with van der Waals surface area (Å²) in [6, 6.07) is 8.24. The van der Waals surface area contributed by atoms with Gasteiger partial charge >= 0.3 is 6.09 Å². The van der Waals surface area contributed by atoms with Gasteiger partial charge in [0.2, 0.25) is 0 Å². The van der Waals surface area contributed by atoms with Crippen LogP contribution >= 0.6 is 0 Å². The van der Waals surface area contributed by atoms with Crippen LogP contribution < -0.4 is 10.6 Å². The summed E-state index contributed by atoms with van der Waals surface area (Å²) in [5.74, 6) is 1.75. The molecule has 2 heterocycles. The highest BCUT2D eigenvalue weighted by atomic mass is 16.6. The van der Waals surface area contributed by atoms with Crippen LogP contribution in [0.2, 0.25) is 0 Å². The summed E-state index contributed by atoms with van der Waals surface area (Å²) in [6.07, 6.45) is 1.54. The zero-order valence-electron chi connectivity index (χ0n) is 17.1. The van der Waals surface area contributed by atoms with Gasteiger partial charge in [-0.25, -0.2) is 9.78 Å². The minimum absolute atomic E-state index is 0.189. The molecule has 1 saturated heterocycles. The number of nitrogens with one attached hydrogen (secondary N) is 3. The van der Waals surface area contributed by atoms with Crippen LogP contribution in [0, 0.1) is 0 Å². The number of hydrogen-bond acceptors (Lipinski definition) is 4. The number of ether oxygens (including phenoxy) is 1. The van der Waals surface area contributed by atoms with E-state index < -0.39 is 5.60 Å². The smallest absolute Gasteiger partial charge is 0.410 e. The molecule has 3 N–H and O–H groups in total. The molecule has 1 aromatic carbocycles. The van der Waals surface area contributed by atoms with Crippen LogP contribution in [0.4, 0.5) is 4.79 Å².